The van der Waals surface area contributed by atoms with Gasteiger partial charge >= 0.3 is 6.09 Å². The Labute approximate surface area is 89.4 Å². The van der Waals surface area contributed by atoms with E-state index in [0.29, 0.717) is 13.1 Å². The van der Waals surface area contributed by atoms with E-state index in [1.54, 1.807) is 0 Å². The van der Waals surface area contributed by atoms with Crippen LogP contribution in [-0.2, 0) is 4.74 Å². The molecule has 1 spiro atoms. The molecule has 0 radical (unpaired) electrons. The summed E-state index contributed by atoms with van der Waals surface area (Å²) in [6, 6.07) is 0. The van der Waals surface area contributed by atoms with Crippen LogP contribution in [-0.4, -0.2) is 54.5 Å². The lowest BCUT2D eigenvalue weighted by molar-refractivity contribution is -0.0739. The zero-order valence-corrected chi connectivity index (χ0v) is 8.87. The molecule has 15 heavy (non-hydrogen) atoms. The third-order valence-corrected chi connectivity index (χ3v) is 3.39. The van der Waals surface area contributed by atoms with Crippen molar-refractivity contribution in [3.8, 4) is 0 Å². The largest absolute Gasteiger partial charge is 0.465 e. The summed E-state index contributed by atoms with van der Waals surface area (Å²) in [6.45, 7) is 3.84. The standard InChI is InChI=1S/C10H18N2O3/c13-9(14)12-6-2-10(3-7-12)1-4-11-5-8-15-10/h11H,1-8H2,(H,13,14). The van der Waals surface area contributed by atoms with Gasteiger partial charge in [0.15, 0.2) is 0 Å². The first-order valence-corrected chi connectivity index (χ1v) is 5.54. The van der Waals surface area contributed by atoms with Gasteiger partial charge in [0, 0.05) is 19.6 Å². The number of carboxylic acid groups (broad SMARTS) is 1. The summed E-state index contributed by atoms with van der Waals surface area (Å²) in [7, 11) is 0. The van der Waals surface area contributed by atoms with Gasteiger partial charge in [0.2, 0.25) is 0 Å². The number of likely N-dealkylation sites (tertiary alicyclic amines) is 1. The van der Waals surface area contributed by atoms with E-state index in [1.807, 2.05) is 0 Å². The first-order chi connectivity index (χ1) is 7.22. The minimum Gasteiger partial charge on any atom is -0.465 e. The Morgan fingerprint density at radius 3 is 2.67 bits per heavy atom. The van der Waals surface area contributed by atoms with Crippen molar-refractivity contribution in [2.75, 3.05) is 32.8 Å². The van der Waals surface area contributed by atoms with Crippen LogP contribution < -0.4 is 5.32 Å². The van der Waals surface area contributed by atoms with Crippen LogP contribution in [0.15, 0.2) is 0 Å². The molecule has 0 aliphatic carbocycles. The lowest BCUT2D eigenvalue weighted by Gasteiger charge is -2.39. The fourth-order valence-electron chi connectivity index (χ4n) is 2.35. The van der Waals surface area contributed by atoms with Crippen LogP contribution in [0.3, 0.4) is 0 Å². The van der Waals surface area contributed by atoms with Crippen LogP contribution in [0, 0.1) is 0 Å². The number of rotatable bonds is 0. The van der Waals surface area contributed by atoms with Gasteiger partial charge in [-0.25, -0.2) is 4.79 Å². The third kappa shape index (κ3) is 2.41. The average Bonchev–Trinajstić information content (AvgIpc) is 2.45. The number of hydrogen-bond donors (Lipinski definition) is 2. The molecule has 0 aromatic rings. The van der Waals surface area contributed by atoms with Crippen LogP contribution >= 0.6 is 0 Å². The van der Waals surface area contributed by atoms with E-state index in [1.165, 1.54) is 4.90 Å². The first kappa shape index (κ1) is 10.7. The minimum absolute atomic E-state index is 0.0601. The molecule has 0 saturated carbocycles. The molecule has 1 amide bonds. The number of nitrogens with zero attached hydrogens (tertiary/aromatic N) is 1. The zero-order valence-electron chi connectivity index (χ0n) is 8.87. The van der Waals surface area contributed by atoms with Crippen molar-refractivity contribution in [2.45, 2.75) is 24.9 Å². The molecule has 2 rings (SSSR count). The highest BCUT2D eigenvalue weighted by Gasteiger charge is 2.37. The fraction of sp³-hybridized carbons (Fsp3) is 0.900. The summed E-state index contributed by atoms with van der Waals surface area (Å²) in [4.78, 5) is 12.2. The second-order valence-electron chi connectivity index (χ2n) is 4.30. The van der Waals surface area contributed by atoms with E-state index in [9.17, 15) is 4.79 Å². The number of piperidine rings is 1. The highest BCUT2D eigenvalue weighted by Crippen LogP contribution is 2.30. The maximum Gasteiger partial charge on any atom is 0.407 e. The van der Waals surface area contributed by atoms with Crippen LogP contribution in [0.25, 0.3) is 0 Å². The molecule has 2 N–H and O–H groups in total. The molecule has 0 atom stereocenters. The predicted octanol–water partition coefficient (Wildman–Crippen LogP) is 0.509. The summed E-state index contributed by atoms with van der Waals surface area (Å²) in [5.41, 5.74) is -0.0601. The third-order valence-electron chi connectivity index (χ3n) is 3.39. The molecule has 5 heteroatoms. The molecule has 0 bridgehead atoms. The van der Waals surface area contributed by atoms with E-state index in [-0.39, 0.29) is 5.60 Å². The van der Waals surface area contributed by atoms with Crippen molar-refractivity contribution in [3.63, 3.8) is 0 Å². The maximum atomic E-state index is 10.8. The zero-order chi connectivity index (χ0) is 10.7. The maximum absolute atomic E-state index is 10.8. The van der Waals surface area contributed by atoms with Gasteiger partial charge in [-0.1, -0.05) is 0 Å². The van der Waals surface area contributed by atoms with Crippen molar-refractivity contribution in [3.05, 3.63) is 0 Å². The second kappa shape index (κ2) is 4.37. The van der Waals surface area contributed by atoms with Gasteiger partial charge in [-0.15, -0.1) is 0 Å². The van der Waals surface area contributed by atoms with Gasteiger partial charge in [0.1, 0.15) is 0 Å². The molecular formula is C10H18N2O3. The number of amides is 1. The Morgan fingerprint density at radius 2 is 2.00 bits per heavy atom. The molecule has 0 aromatic heterocycles. The van der Waals surface area contributed by atoms with Crippen molar-refractivity contribution in [1.82, 2.24) is 10.2 Å². The van der Waals surface area contributed by atoms with Crippen molar-refractivity contribution < 1.29 is 14.6 Å². The van der Waals surface area contributed by atoms with Crippen molar-refractivity contribution >= 4 is 6.09 Å². The SMILES string of the molecule is O=C(O)N1CCC2(CCNCCO2)CC1. The molecule has 2 saturated heterocycles. The lowest BCUT2D eigenvalue weighted by Crippen LogP contribution is -2.48. The van der Waals surface area contributed by atoms with Gasteiger partial charge in [-0.3, -0.25) is 0 Å². The van der Waals surface area contributed by atoms with Crippen LogP contribution in [0.5, 0.6) is 0 Å². The Bertz CT molecular complexity index is 227. The van der Waals surface area contributed by atoms with E-state index in [0.717, 1.165) is 39.0 Å². The monoisotopic (exact) mass is 214 g/mol. The van der Waals surface area contributed by atoms with Gasteiger partial charge in [-0.2, -0.15) is 0 Å². The molecule has 0 unspecified atom stereocenters. The fourth-order valence-corrected chi connectivity index (χ4v) is 2.35. The summed E-state index contributed by atoms with van der Waals surface area (Å²) < 4.78 is 5.88. The quantitative estimate of drug-likeness (QED) is 0.616. The molecule has 0 aromatic carbocycles. The topological polar surface area (TPSA) is 61.8 Å². The average molecular weight is 214 g/mol. The smallest absolute Gasteiger partial charge is 0.407 e. The lowest BCUT2D eigenvalue weighted by atomic mass is 9.88. The van der Waals surface area contributed by atoms with Gasteiger partial charge < -0.3 is 20.1 Å². The Morgan fingerprint density at radius 1 is 1.27 bits per heavy atom. The Balaban J connectivity index is 1.92. The number of carbonyl (C=O) groups is 1. The van der Waals surface area contributed by atoms with E-state index >= 15 is 0 Å². The second-order valence-corrected chi connectivity index (χ2v) is 4.30. The van der Waals surface area contributed by atoms with Crippen molar-refractivity contribution in [2.24, 2.45) is 0 Å². The number of hydrogen-bond acceptors (Lipinski definition) is 3. The summed E-state index contributed by atoms with van der Waals surface area (Å²) in [5.74, 6) is 0. The Hall–Kier alpha value is -0.810. The highest BCUT2D eigenvalue weighted by atomic mass is 16.5. The normalized spacial score (nSPS) is 26.3. The molecule has 86 valence electrons. The number of ether oxygens (including phenoxy) is 1. The first-order valence-electron chi connectivity index (χ1n) is 5.54. The molecule has 2 heterocycles. The minimum atomic E-state index is -0.809. The van der Waals surface area contributed by atoms with E-state index < -0.39 is 6.09 Å². The number of nitrogens with one attached hydrogen (secondary N) is 1. The summed E-state index contributed by atoms with van der Waals surface area (Å²) in [6.07, 6.45) is 1.86. The Kier molecular flexibility index (Phi) is 3.11. The molecule has 2 fully saturated rings. The predicted molar refractivity (Wildman–Crippen MR) is 55.0 cm³/mol. The molecule has 5 nitrogen and oxygen atoms in total. The molecule has 2 aliphatic rings. The van der Waals surface area contributed by atoms with Gasteiger partial charge in [0.25, 0.3) is 0 Å². The van der Waals surface area contributed by atoms with Gasteiger partial charge in [-0.05, 0) is 25.8 Å². The highest BCUT2D eigenvalue weighted by molar-refractivity contribution is 5.65. The molecular weight excluding hydrogens is 196 g/mol. The van der Waals surface area contributed by atoms with Crippen molar-refractivity contribution in [1.29, 1.82) is 0 Å². The summed E-state index contributed by atoms with van der Waals surface area (Å²) >= 11 is 0. The summed E-state index contributed by atoms with van der Waals surface area (Å²) in [5, 5.41) is 12.2. The van der Waals surface area contributed by atoms with Crippen LogP contribution in [0.2, 0.25) is 0 Å². The van der Waals surface area contributed by atoms with E-state index in [4.69, 9.17) is 9.84 Å². The van der Waals surface area contributed by atoms with Gasteiger partial charge in [0.05, 0.1) is 12.2 Å². The van der Waals surface area contributed by atoms with Crippen LogP contribution in [0.1, 0.15) is 19.3 Å². The molecule has 2 aliphatic heterocycles. The van der Waals surface area contributed by atoms with E-state index in [2.05, 4.69) is 5.32 Å². The van der Waals surface area contributed by atoms with Crippen LogP contribution in [0.4, 0.5) is 4.79 Å².